The number of rotatable bonds is 8. The van der Waals surface area contributed by atoms with Crippen molar-refractivity contribution < 1.29 is 9.72 Å². The molecule has 0 fully saturated rings. The summed E-state index contributed by atoms with van der Waals surface area (Å²) in [5.74, 6) is 0.623. The standard InChI is InChI=1S/C22H21BrN4O3S/c1-15-10-18(16(2)26(15)21-5-3-4-19(23)11-21)12-24-25-22(28)14-31-13-17-6-8-20(9-7-17)27(29)30/h3-12H,13-14H2,1-2H3,(H,25,28)/b24-12+. The maximum atomic E-state index is 12.0. The quantitative estimate of drug-likeness (QED) is 0.263. The number of nitro benzene ring substituents is 1. The van der Waals surface area contributed by atoms with Gasteiger partial charge in [0.1, 0.15) is 0 Å². The van der Waals surface area contributed by atoms with Gasteiger partial charge in [-0.1, -0.05) is 34.1 Å². The number of hydrogen-bond acceptors (Lipinski definition) is 5. The van der Waals surface area contributed by atoms with Gasteiger partial charge >= 0.3 is 0 Å². The highest BCUT2D eigenvalue weighted by atomic mass is 79.9. The monoisotopic (exact) mass is 500 g/mol. The molecule has 0 spiro atoms. The van der Waals surface area contributed by atoms with E-state index in [-0.39, 0.29) is 17.3 Å². The van der Waals surface area contributed by atoms with Crippen molar-refractivity contribution in [2.75, 3.05) is 5.75 Å². The number of thioether (sulfide) groups is 1. The molecule has 1 heterocycles. The zero-order valence-corrected chi connectivity index (χ0v) is 19.4. The van der Waals surface area contributed by atoms with Crippen LogP contribution in [0.5, 0.6) is 0 Å². The Balaban J connectivity index is 1.53. The summed E-state index contributed by atoms with van der Waals surface area (Å²) in [4.78, 5) is 22.3. The summed E-state index contributed by atoms with van der Waals surface area (Å²) in [7, 11) is 0. The molecule has 1 aromatic heterocycles. The van der Waals surface area contributed by atoms with Crippen molar-refractivity contribution in [2.45, 2.75) is 19.6 Å². The van der Waals surface area contributed by atoms with Crippen LogP contribution in [0.2, 0.25) is 0 Å². The molecule has 31 heavy (non-hydrogen) atoms. The Morgan fingerprint density at radius 1 is 1.23 bits per heavy atom. The second-order valence-corrected chi connectivity index (χ2v) is 8.75. The van der Waals surface area contributed by atoms with Crippen molar-refractivity contribution >= 4 is 45.5 Å². The fraction of sp³-hybridized carbons (Fsp3) is 0.182. The van der Waals surface area contributed by atoms with Crippen molar-refractivity contribution in [2.24, 2.45) is 5.10 Å². The van der Waals surface area contributed by atoms with E-state index in [2.05, 4.69) is 31.0 Å². The van der Waals surface area contributed by atoms with E-state index in [1.807, 2.05) is 44.2 Å². The lowest BCUT2D eigenvalue weighted by molar-refractivity contribution is -0.384. The van der Waals surface area contributed by atoms with E-state index in [0.29, 0.717) is 5.75 Å². The number of non-ortho nitro benzene ring substituents is 1. The smallest absolute Gasteiger partial charge is 0.269 e. The van der Waals surface area contributed by atoms with Gasteiger partial charge in [-0.15, -0.1) is 11.8 Å². The summed E-state index contributed by atoms with van der Waals surface area (Å²) in [5.41, 5.74) is 7.61. The highest BCUT2D eigenvalue weighted by Gasteiger charge is 2.10. The van der Waals surface area contributed by atoms with Gasteiger partial charge in [-0.05, 0) is 43.7 Å². The van der Waals surface area contributed by atoms with Crippen molar-refractivity contribution in [1.29, 1.82) is 0 Å². The lowest BCUT2D eigenvalue weighted by atomic mass is 10.2. The van der Waals surface area contributed by atoms with Crippen LogP contribution in [0.1, 0.15) is 22.5 Å². The summed E-state index contributed by atoms with van der Waals surface area (Å²) < 4.78 is 3.14. The molecular formula is C22H21BrN4O3S. The van der Waals surface area contributed by atoms with E-state index in [1.165, 1.54) is 23.9 Å². The summed E-state index contributed by atoms with van der Waals surface area (Å²) in [6, 6.07) is 16.4. The van der Waals surface area contributed by atoms with E-state index in [4.69, 9.17) is 0 Å². The zero-order valence-electron chi connectivity index (χ0n) is 17.0. The molecule has 0 radical (unpaired) electrons. The Hall–Kier alpha value is -2.91. The molecular weight excluding hydrogens is 480 g/mol. The Bertz CT molecular complexity index is 1130. The zero-order chi connectivity index (χ0) is 22.4. The summed E-state index contributed by atoms with van der Waals surface area (Å²) in [6.07, 6.45) is 1.65. The molecule has 3 rings (SSSR count). The molecule has 3 aromatic rings. The van der Waals surface area contributed by atoms with Gasteiger partial charge in [-0.2, -0.15) is 5.10 Å². The first-order valence-electron chi connectivity index (χ1n) is 9.43. The molecule has 0 unspecified atom stereocenters. The van der Waals surface area contributed by atoms with Crippen molar-refractivity contribution in [3.05, 3.63) is 91.7 Å². The number of carbonyl (C=O) groups is 1. The van der Waals surface area contributed by atoms with Crippen LogP contribution in [0.15, 0.2) is 64.2 Å². The number of benzene rings is 2. The van der Waals surface area contributed by atoms with Crippen molar-refractivity contribution in [3.63, 3.8) is 0 Å². The lowest BCUT2D eigenvalue weighted by Gasteiger charge is -2.09. The number of carbonyl (C=O) groups excluding carboxylic acids is 1. The van der Waals surface area contributed by atoms with E-state index < -0.39 is 4.92 Å². The molecule has 9 heteroatoms. The minimum absolute atomic E-state index is 0.0556. The number of halogens is 1. The van der Waals surface area contributed by atoms with Gasteiger partial charge in [-0.3, -0.25) is 14.9 Å². The SMILES string of the molecule is Cc1cc(/C=N/NC(=O)CSCc2ccc([N+](=O)[O-])cc2)c(C)n1-c1cccc(Br)c1. The first-order valence-corrected chi connectivity index (χ1v) is 11.4. The van der Waals surface area contributed by atoms with E-state index >= 15 is 0 Å². The second kappa shape index (κ2) is 10.4. The maximum Gasteiger partial charge on any atom is 0.269 e. The van der Waals surface area contributed by atoms with Crippen LogP contribution in [-0.2, 0) is 10.5 Å². The van der Waals surface area contributed by atoms with E-state index in [0.717, 1.165) is 32.7 Å². The van der Waals surface area contributed by atoms with Crippen LogP contribution in [0, 0.1) is 24.0 Å². The number of nitro groups is 1. The van der Waals surface area contributed by atoms with E-state index in [1.54, 1.807) is 18.3 Å². The second-order valence-electron chi connectivity index (χ2n) is 6.85. The predicted molar refractivity (Wildman–Crippen MR) is 128 cm³/mol. The number of amides is 1. The predicted octanol–water partition coefficient (Wildman–Crippen LogP) is 5.15. The molecule has 0 aliphatic rings. The van der Waals surface area contributed by atoms with Crippen molar-refractivity contribution in [3.8, 4) is 5.69 Å². The number of hydrogen-bond donors (Lipinski definition) is 1. The fourth-order valence-electron chi connectivity index (χ4n) is 3.11. The molecule has 0 atom stereocenters. The molecule has 0 saturated carbocycles. The molecule has 0 bridgehead atoms. The first-order chi connectivity index (χ1) is 14.8. The Morgan fingerprint density at radius 3 is 2.65 bits per heavy atom. The van der Waals surface area contributed by atoms with Gasteiger partial charge in [0, 0.05) is 45.0 Å². The van der Waals surface area contributed by atoms with Crippen molar-refractivity contribution in [1.82, 2.24) is 9.99 Å². The Labute approximate surface area is 192 Å². The van der Waals surface area contributed by atoms with Gasteiger partial charge in [0.2, 0.25) is 5.91 Å². The topological polar surface area (TPSA) is 89.5 Å². The van der Waals surface area contributed by atoms with Crippen LogP contribution in [0.25, 0.3) is 5.69 Å². The molecule has 0 saturated heterocycles. The number of hydrazone groups is 1. The lowest BCUT2D eigenvalue weighted by Crippen LogP contribution is -2.19. The molecule has 0 aliphatic carbocycles. The third-order valence-corrected chi connectivity index (χ3v) is 6.08. The fourth-order valence-corrected chi connectivity index (χ4v) is 4.28. The van der Waals surface area contributed by atoms with Crippen LogP contribution >= 0.6 is 27.7 Å². The molecule has 1 amide bonds. The number of nitrogens with zero attached hydrogens (tertiary/aromatic N) is 3. The van der Waals surface area contributed by atoms with Crippen LogP contribution in [0.3, 0.4) is 0 Å². The van der Waals surface area contributed by atoms with Gasteiger partial charge in [0.15, 0.2) is 0 Å². The average Bonchev–Trinajstić information content (AvgIpc) is 3.01. The molecule has 160 valence electrons. The van der Waals surface area contributed by atoms with Gasteiger partial charge in [-0.25, -0.2) is 5.43 Å². The highest BCUT2D eigenvalue weighted by Crippen LogP contribution is 2.22. The third-order valence-electron chi connectivity index (χ3n) is 4.58. The van der Waals surface area contributed by atoms with Crippen LogP contribution in [0.4, 0.5) is 5.69 Å². The Morgan fingerprint density at radius 2 is 1.97 bits per heavy atom. The summed E-state index contributed by atoms with van der Waals surface area (Å²) in [5, 5.41) is 14.8. The Kier molecular flexibility index (Phi) is 7.64. The highest BCUT2D eigenvalue weighted by molar-refractivity contribution is 9.10. The van der Waals surface area contributed by atoms with Crippen LogP contribution < -0.4 is 5.43 Å². The third kappa shape index (κ3) is 6.05. The molecule has 2 aromatic carbocycles. The normalized spacial score (nSPS) is 11.1. The average molecular weight is 501 g/mol. The van der Waals surface area contributed by atoms with Gasteiger partial charge < -0.3 is 4.57 Å². The molecule has 7 nitrogen and oxygen atoms in total. The maximum absolute atomic E-state index is 12.0. The minimum atomic E-state index is -0.432. The minimum Gasteiger partial charge on any atom is -0.318 e. The summed E-state index contributed by atoms with van der Waals surface area (Å²) >= 11 is 4.92. The summed E-state index contributed by atoms with van der Waals surface area (Å²) in [6.45, 7) is 4.04. The number of aryl methyl sites for hydroxylation is 1. The number of nitrogens with one attached hydrogen (secondary N) is 1. The molecule has 1 N–H and O–H groups in total. The van der Waals surface area contributed by atoms with Gasteiger partial charge in [0.05, 0.1) is 16.9 Å². The first kappa shape index (κ1) is 22.8. The largest absolute Gasteiger partial charge is 0.318 e. The van der Waals surface area contributed by atoms with Crippen LogP contribution in [-0.4, -0.2) is 27.4 Å². The molecule has 0 aliphatic heterocycles. The number of aromatic nitrogens is 1. The van der Waals surface area contributed by atoms with E-state index in [9.17, 15) is 14.9 Å². The van der Waals surface area contributed by atoms with Gasteiger partial charge in [0.25, 0.3) is 5.69 Å².